The summed E-state index contributed by atoms with van der Waals surface area (Å²) in [4.78, 5) is 150. The zero-order valence-electron chi connectivity index (χ0n) is 43.0. The Hall–Kier alpha value is -7.49. The van der Waals surface area contributed by atoms with Crippen LogP contribution in [0.25, 0.3) is 10.9 Å². The average Bonchev–Trinajstić information content (AvgIpc) is 3.75. The van der Waals surface area contributed by atoms with Gasteiger partial charge >= 0.3 is 11.9 Å². The largest absolute Gasteiger partial charge is 0.481 e. The molecule has 75 heavy (non-hydrogen) atoms. The standard InChI is InChI=1S/C47H74N14O13S/c1-23(2)20-34(61-43(70)31(12-9-18-52-47(50)51)57-38(65)24(3)54-42(69)33(17-19-75-6)58-40(67)29(48)13-15-36(49)62)44(71)55-25(4)39(66)60-35(21-27-22-53-30-11-8-7-10-28(27)30)45(72)59-32(14-16-37(63)64)41(68)56-26(5)46(73)74/h7-8,10-11,22-26,29,31-35,53H,9,12-21,48H2,1-6H3,(H2,49,62)(H,54,69)(H,55,71)(H,56,68)(H,57,65)(H,58,67)(H,59,72)(H,60,66)(H,61,70)(H,63,64)(H,73,74)(H4,50,51,52)/t24-,25-,26-,29-,31-,32-,33-,34-,35-/m0/s1. The number of primary amides is 1. The van der Waals surface area contributed by atoms with Crippen molar-refractivity contribution in [3.8, 4) is 0 Å². The minimum Gasteiger partial charge on any atom is -0.481 e. The van der Waals surface area contributed by atoms with E-state index in [1.165, 1.54) is 32.5 Å². The van der Waals surface area contributed by atoms with Crippen LogP contribution in [-0.4, -0.2) is 159 Å². The summed E-state index contributed by atoms with van der Waals surface area (Å²) in [6, 6.07) is -4.86. The van der Waals surface area contributed by atoms with E-state index in [9.17, 15) is 63.0 Å². The van der Waals surface area contributed by atoms with Crippen LogP contribution in [0.2, 0.25) is 0 Å². The molecule has 1 aromatic heterocycles. The zero-order valence-corrected chi connectivity index (χ0v) is 43.8. The lowest BCUT2D eigenvalue weighted by molar-refractivity contribution is -0.142. The van der Waals surface area contributed by atoms with Crippen LogP contribution in [0.15, 0.2) is 35.5 Å². The number of nitrogens with two attached hydrogens (primary N) is 4. The molecular formula is C47H74N14O13S. The smallest absolute Gasteiger partial charge is 0.325 e. The molecule has 9 amide bonds. The molecule has 0 aliphatic rings. The van der Waals surface area contributed by atoms with Gasteiger partial charge in [0.1, 0.15) is 48.3 Å². The molecule has 1 heterocycles. The highest BCUT2D eigenvalue weighted by molar-refractivity contribution is 7.98. The van der Waals surface area contributed by atoms with Crippen LogP contribution in [0.1, 0.15) is 91.5 Å². The van der Waals surface area contributed by atoms with Crippen LogP contribution in [0.4, 0.5) is 0 Å². The lowest BCUT2D eigenvalue weighted by atomic mass is 10.0. The maximum Gasteiger partial charge on any atom is 0.325 e. The van der Waals surface area contributed by atoms with Crippen LogP contribution >= 0.6 is 11.8 Å². The number of nitrogens with zero attached hydrogens (tertiary/aromatic N) is 1. The number of carboxylic acids is 2. The van der Waals surface area contributed by atoms with E-state index in [2.05, 4.69) is 52.5 Å². The summed E-state index contributed by atoms with van der Waals surface area (Å²) >= 11 is 1.40. The van der Waals surface area contributed by atoms with E-state index in [1.807, 2.05) is 0 Å². The fraction of sp³-hybridized carbons (Fsp3) is 0.574. The number of para-hydroxylation sites is 1. The molecule has 28 heteroatoms. The molecule has 19 N–H and O–H groups in total. The van der Waals surface area contributed by atoms with E-state index in [0.717, 1.165) is 0 Å². The minimum absolute atomic E-state index is 0.0360. The maximum absolute atomic E-state index is 14.1. The normalized spacial score (nSPS) is 14.7. The molecule has 2 aromatic rings. The number of carbonyl (C=O) groups is 11. The van der Waals surface area contributed by atoms with Crippen molar-refractivity contribution in [3.63, 3.8) is 0 Å². The summed E-state index contributed by atoms with van der Waals surface area (Å²) in [7, 11) is 0. The number of hydrogen-bond donors (Lipinski definition) is 15. The number of H-pyrrole nitrogens is 1. The molecule has 0 spiro atoms. The quantitative estimate of drug-likeness (QED) is 0.0189. The molecular weight excluding hydrogens is 1000 g/mol. The van der Waals surface area contributed by atoms with Crippen LogP contribution in [0.5, 0.6) is 0 Å². The number of aromatic amines is 1. The van der Waals surface area contributed by atoms with E-state index in [0.29, 0.717) is 22.2 Å². The summed E-state index contributed by atoms with van der Waals surface area (Å²) in [5.41, 5.74) is 23.3. The number of aromatic nitrogens is 1. The Bertz CT molecular complexity index is 2360. The zero-order chi connectivity index (χ0) is 56.5. The molecule has 0 unspecified atom stereocenters. The highest BCUT2D eigenvalue weighted by Crippen LogP contribution is 2.20. The van der Waals surface area contributed by atoms with Gasteiger partial charge in [-0.1, -0.05) is 32.0 Å². The van der Waals surface area contributed by atoms with Crippen molar-refractivity contribution in [2.45, 2.75) is 147 Å². The Balaban J connectivity index is 2.36. The molecule has 2 rings (SSSR count). The second-order valence-electron chi connectivity index (χ2n) is 18.3. The van der Waals surface area contributed by atoms with Gasteiger partial charge in [-0.2, -0.15) is 11.8 Å². The van der Waals surface area contributed by atoms with Crippen molar-refractivity contribution >= 4 is 93.7 Å². The molecule has 27 nitrogen and oxygen atoms in total. The van der Waals surface area contributed by atoms with Crippen molar-refractivity contribution in [2.24, 2.45) is 33.8 Å². The first kappa shape index (κ1) is 63.6. The molecule has 0 saturated carbocycles. The summed E-state index contributed by atoms with van der Waals surface area (Å²) in [6.07, 6.45) is 2.28. The van der Waals surface area contributed by atoms with Gasteiger partial charge in [-0.15, -0.1) is 0 Å². The highest BCUT2D eigenvalue weighted by Gasteiger charge is 2.34. The molecule has 416 valence electrons. The monoisotopic (exact) mass is 1070 g/mol. The molecule has 0 aliphatic carbocycles. The van der Waals surface area contributed by atoms with Gasteiger partial charge in [-0.25, -0.2) is 0 Å². The third kappa shape index (κ3) is 23.1. The third-order valence-electron chi connectivity index (χ3n) is 11.4. The first-order valence-corrected chi connectivity index (χ1v) is 25.6. The molecule has 0 fully saturated rings. The average molecular weight is 1080 g/mol. The number of amides is 9. The van der Waals surface area contributed by atoms with E-state index in [4.69, 9.17) is 22.9 Å². The number of aliphatic imine (C=N–C) groups is 1. The number of rotatable bonds is 34. The first-order chi connectivity index (χ1) is 35.2. The summed E-state index contributed by atoms with van der Waals surface area (Å²) in [5, 5.41) is 39.5. The van der Waals surface area contributed by atoms with Gasteiger partial charge < -0.3 is 80.7 Å². The summed E-state index contributed by atoms with van der Waals surface area (Å²) in [6.45, 7) is 7.43. The Morgan fingerprint density at radius 3 is 1.65 bits per heavy atom. The molecule has 0 bridgehead atoms. The van der Waals surface area contributed by atoms with Crippen molar-refractivity contribution in [1.29, 1.82) is 0 Å². The number of nitrogens with one attached hydrogen (secondary N) is 9. The maximum atomic E-state index is 14.1. The number of aliphatic carboxylic acids is 2. The van der Waals surface area contributed by atoms with Crippen molar-refractivity contribution in [2.75, 3.05) is 18.6 Å². The molecule has 1 aromatic carbocycles. The fourth-order valence-electron chi connectivity index (χ4n) is 7.23. The summed E-state index contributed by atoms with van der Waals surface area (Å²) in [5.74, 6) is -10.1. The third-order valence-corrected chi connectivity index (χ3v) is 12.1. The second-order valence-corrected chi connectivity index (χ2v) is 19.3. The molecule has 0 saturated heterocycles. The predicted octanol–water partition coefficient (Wildman–Crippen LogP) is -2.96. The Labute approximate surface area is 438 Å². The minimum atomic E-state index is -1.54. The van der Waals surface area contributed by atoms with Gasteiger partial charge in [0.05, 0.1) is 6.04 Å². The fourth-order valence-corrected chi connectivity index (χ4v) is 7.70. The van der Waals surface area contributed by atoms with Gasteiger partial charge in [0, 0.05) is 42.9 Å². The van der Waals surface area contributed by atoms with E-state index in [1.54, 1.807) is 50.6 Å². The molecule has 0 radical (unpaired) electrons. The number of guanidine groups is 1. The van der Waals surface area contributed by atoms with Crippen LogP contribution in [0.3, 0.4) is 0 Å². The Morgan fingerprint density at radius 2 is 1.09 bits per heavy atom. The number of hydrogen-bond acceptors (Lipinski definition) is 14. The predicted molar refractivity (Wildman–Crippen MR) is 278 cm³/mol. The number of carboxylic acid groups (broad SMARTS) is 2. The molecule has 0 aliphatic heterocycles. The van der Waals surface area contributed by atoms with Crippen LogP contribution < -0.4 is 65.5 Å². The Kier molecular flexibility index (Phi) is 27.1. The Morgan fingerprint density at radius 1 is 0.600 bits per heavy atom. The van der Waals surface area contributed by atoms with E-state index >= 15 is 0 Å². The SMILES string of the molecule is CSCC[C@H](NC(=O)[C@@H](N)CCC(N)=O)C(=O)N[C@@H](C)C(=O)N[C@@H](CCCN=C(N)N)C(=O)N[C@@H](CC(C)C)C(=O)N[C@@H](C)C(=O)N[C@@H](Cc1c[nH]c2ccccc12)C(=O)N[C@@H](CCC(=O)O)C(=O)N[C@@H](C)C(=O)O. The van der Waals surface area contributed by atoms with Gasteiger partial charge in [-0.05, 0) is 88.9 Å². The van der Waals surface area contributed by atoms with Gasteiger partial charge in [0.2, 0.25) is 53.2 Å². The molecule has 9 atom stereocenters. The number of benzene rings is 1. The van der Waals surface area contributed by atoms with Crippen LogP contribution in [-0.2, 0) is 59.2 Å². The second kappa shape index (κ2) is 32.0. The van der Waals surface area contributed by atoms with Gasteiger partial charge in [0.25, 0.3) is 0 Å². The first-order valence-electron chi connectivity index (χ1n) is 24.2. The van der Waals surface area contributed by atoms with Gasteiger partial charge in [-0.3, -0.25) is 57.7 Å². The topological polar surface area (TPSA) is 457 Å². The van der Waals surface area contributed by atoms with E-state index in [-0.39, 0.29) is 63.4 Å². The lowest BCUT2D eigenvalue weighted by Gasteiger charge is -2.27. The van der Waals surface area contributed by atoms with E-state index < -0.39 is 132 Å². The highest BCUT2D eigenvalue weighted by atomic mass is 32.2. The van der Waals surface area contributed by atoms with Crippen molar-refractivity contribution in [3.05, 3.63) is 36.0 Å². The lowest BCUT2D eigenvalue weighted by Crippen LogP contribution is -2.60. The number of carbonyl (C=O) groups excluding carboxylic acids is 9. The number of thioether (sulfide) groups is 1. The number of fused-ring (bicyclic) bond motifs is 1. The van der Waals surface area contributed by atoms with Crippen LogP contribution in [0, 0.1) is 5.92 Å². The van der Waals surface area contributed by atoms with Gasteiger partial charge in [0.15, 0.2) is 5.96 Å². The summed E-state index contributed by atoms with van der Waals surface area (Å²) < 4.78 is 0. The van der Waals surface area contributed by atoms with Crippen molar-refractivity contribution in [1.82, 2.24) is 47.5 Å². The van der Waals surface area contributed by atoms with Crippen molar-refractivity contribution < 1.29 is 63.0 Å².